The van der Waals surface area contributed by atoms with Crippen molar-refractivity contribution in [3.63, 3.8) is 0 Å². The van der Waals surface area contributed by atoms with Gasteiger partial charge in [-0.05, 0) is 43.7 Å². The molecule has 0 aliphatic carbocycles. The Hall–Kier alpha value is -2.75. The summed E-state index contributed by atoms with van der Waals surface area (Å²) in [4.78, 5) is 0. The Morgan fingerprint density at radius 3 is 2.41 bits per heavy atom. The molecule has 0 atom stereocenters. The van der Waals surface area contributed by atoms with Gasteiger partial charge in [-0.25, -0.2) is 0 Å². The van der Waals surface area contributed by atoms with Gasteiger partial charge in [0, 0.05) is 0 Å². The minimum Gasteiger partial charge on any atom is -0.457 e. The fourth-order valence-corrected chi connectivity index (χ4v) is 2.37. The molecule has 0 aliphatic rings. The molecule has 4 heteroatoms. The van der Waals surface area contributed by atoms with Crippen LogP contribution in [0.5, 0.6) is 11.5 Å². The molecule has 0 bridgehead atoms. The summed E-state index contributed by atoms with van der Waals surface area (Å²) in [5, 5.41) is 4.47. The quantitative estimate of drug-likeness (QED) is 0.793. The highest BCUT2D eigenvalue weighted by atomic mass is 16.5. The standard InChI is InChI=1S/C18H19N3O/c1-13-18(19)14(2)21(20-13)12-15-7-6-10-17(11-15)22-16-8-4-3-5-9-16/h3-11H,12,19H2,1-2H3. The topological polar surface area (TPSA) is 53.1 Å². The predicted octanol–water partition coefficient (Wildman–Crippen LogP) is 3.92. The second-order valence-corrected chi connectivity index (χ2v) is 5.30. The first-order chi connectivity index (χ1) is 10.6. The van der Waals surface area contributed by atoms with Crippen LogP contribution in [0.4, 0.5) is 5.69 Å². The minimum atomic E-state index is 0.676. The number of anilines is 1. The van der Waals surface area contributed by atoms with E-state index >= 15 is 0 Å². The van der Waals surface area contributed by atoms with Crippen LogP contribution in [0.3, 0.4) is 0 Å². The largest absolute Gasteiger partial charge is 0.457 e. The molecule has 1 heterocycles. The van der Waals surface area contributed by atoms with Crippen molar-refractivity contribution in [2.75, 3.05) is 5.73 Å². The van der Waals surface area contributed by atoms with Crippen molar-refractivity contribution in [3.8, 4) is 11.5 Å². The number of para-hydroxylation sites is 1. The van der Waals surface area contributed by atoms with E-state index in [4.69, 9.17) is 10.5 Å². The molecular weight excluding hydrogens is 274 g/mol. The van der Waals surface area contributed by atoms with Crippen LogP contribution in [-0.2, 0) is 6.54 Å². The number of nitrogens with zero attached hydrogens (tertiary/aromatic N) is 2. The van der Waals surface area contributed by atoms with Crippen molar-refractivity contribution in [1.82, 2.24) is 9.78 Å². The Labute approximate surface area is 130 Å². The van der Waals surface area contributed by atoms with Crippen molar-refractivity contribution in [2.24, 2.45) is 0 Å². The van der Waals surface area contributed by atoms with E-state index in [2.05, 4.69) is 11.2 Å². The molecule has 0 radical (unpaired) electrons. The van der Waals surface area contributed by atoms with Crippen LogP contribution in [0.1, 0.15) is 17.0 Å². The Kier molecular flexibility index (Phi) is 3.83. The molecule has 0 aliphatic heterocycles. The van der Waals surface area contributed by atoms with Crippen molar-refractivity contribution < 1.29 is 4.74 Å². The number of hydrogen-bond acceptors (Lipinski definition) is 3. The van der Waals surface area contributed by atoms with Crippen molar-refractivity contribution >= 4 is 5.69 Å². The fourth-order valence-electron chi connectivity index (χ4n) is 2.37. The number of hydrogen-bond donors (Lipinski definition) is 1. The van der Waals surface area contributed by atoms with E-state index in [0.717, 1.165) is 34.1 Å². The Balaban J connectivity index is 1.80. The fraction of sp³-hybridized carbons (Fsp3) is 0.167. The summed E-state index contributed by atoms with van der Waals surface area (Å²) >= 11 is 0. The van der Waals surface area contributed by atoms with Gasteiger partial charge in [0.15, 0.2) is 0 Å². The van der Waals surface area contributed by atoms with Crippen LogP contribution in [0.15, 0.2) is 54.6 Å². The number of nitrogens with two attached hydrogens (primary N) is 1. The molecule has 2 N–H and O–H groups in total. The third-order valence-corrected chi connectivity index (χ3v) is 3.65. The lowest BCUT2D eigenvalue weighted by molar-refractivity contribution is 0.481. The Morgan fingerprint density at radius 2 is 1.73 bits per heavy atom. The summed E-state index contributed by atoms with van der Waals surface area (Å²) in [6.45, 7) is 4.59. The van der Waals surface area contributed by atoms with Gasteiger partial charge in [0.1, 0.15) is 11.5 Å². The molecule has 112 valence electrons. The lowest BCUT2D eigenvalue weighted by Gasteiger charge is -2.09. The van der Waals surface area contributed by atoms with Crippen LogP contribution in [0.2, 0.25) is 0 Å². The average Bonchev–Trinajstić information content (AvgIpc) is 2.76. The summed E-state index contributed by atoms with van der Waals surface area (Å²) in [7, 11) is 0. The molecule has 0 fully saturated rings. The number of aryl methyl sites for hydroxylation is 1. The maximum atomic E-state index is 5.98. The highest BCUT2D eigenvalue weighted by Gasteiger charge is 2.08. The number of nitrogen functional groups attached to an aromatic ring is 1. The number of rotatable bonds is 4. The van der Waals surface area contributed by atoms with E-state index in [1.54, 1.807) is 0 Å². The van der Waals surface area contributed by atoms with Gasteiger partial charge in [-0.2, -0.15) is 5.10 Å². The van der Waals surface area contributed by atoms with Crippen molar-refractivity contribution in [3.05, 3.63) is 71.5 Å². The zero-order valence-corrected chi connectivity index (χ0v) is 12.8. The molecule has 0 saturated heterocycles. The second-order valence-electron chi connectivity index (χ2n) is 5.30. The average molecular weight is 293 g/mol. The lowest BCUT2D eigenvalue weighted by atomic mass is 10.2. The Morgan fingerprint density at radius 1 is 1.00 bits per heavy atom. The normalized spacial score (nSPS) is 10.6. The van der Waals surface area contributed by atoms with E-state index < -0.39 is 0 Å². The minimum absolute atomic E-state index is 0.676. The summed E-state index contributed by atoms with van der Waals surface area (Å²) in [5.41, 5.74) is 9.73. The number of aromatic nitrogens is 2. The van der Waals surface area contributed by atoms with Gasteiger partial charge in [0.05, 0.1) is 23.6 Å². The molecular formula is C18H19N3O. The lowest BCUT2D eigenvalue weighted by Crippen LogP contribution is -2.04. The molecule has 1 aromatic heterocycles. The van der Waals surface area contributed by atoms with Crippen molar-refractivity contribution in [1.29, 1.82) is 0 Å². The maximum absolute atomic E-state index is 5.98. The van der Waals surface area contributed by atoms with Crippen LogP contribution >= 0.6 is 0 Å². The molecule has 0 spiro atoms. The molecule has 0 saturated carbocycles. The molecule has 22 heavy (non-hydrogen) atoms. The third-order valence-electron chi connectivity index (χ3n) is 3.65. The first kappa shape index (κ1) is 14.2. The van der Waals surface area contributed by atoms with Gasteiger partial charge in [0.2, 0.25) is 0 Å². The van der Waals surface area contributed by atoms with Gasteiger partial charge in [-0.1, -0.05) is 30.3 Å². The van der Waals surface area contributed by atoms with Gasteiger partial charge in [-0.15, -0.1) is 0 Å². The molecule has 3 aromatic rings. The summed E-state index contributed by atoms with van der Waals surface area (Å²) in [6, 6.07) is 17.8. The molecule has 4 nitrogen and oxygen atoms in total. The van der Waals surface area contributed by atoms with E-state index in [1.165, 1.54) is 0 Å². The highest BCUT2D eigenvalue weighted by Crippen LogP contribution is 2.23. The second kappa shape index (κ2) is 5.93. The van der Waals surface area contributed by atoms with Crippen LogP contribution in [0.25, 0.3) is 0 Å². The molecule has 3 rings (SSSR count). The van der Waals surface area contributed by atoms with Gasteiger partial charge >= 0.3 is 0 Å². The van der Waals surface area contributed by atoms with Gasteiger partial charge < -0.3 is 10.5 Å². The monoisotopic (exact) mass is 293 g/mol. The third kappa shape index (κ3) is 2.96. The van der Waals surface area contributed by atoms with Gasteiger partial charge in [0.25, 0.3) is 0 Å². The maximum Gasteiger partial charge on any atom is 0.127 e. The van der Waals surface area contributed by atoms with Crippen LogP contribution in [0, 0.1) is 13.8 Å². The summed E-state index contributed by atoms with van der Waals surface area (Å²) in [6.07, 6.45) is 0. The zero-order valence-electron chi connectivity index (χ0n) is 12.8. The molecule has 0 amide bonds. The highest BCUT2D eigenvalue weighted by molar-refractivity contribution is 5.47. The number of benzene rings is 2. The number of ether oxygens (including phenoxy) is 1. The van der Waals surface area contributed by atoms with Crippen LogP contribution in [-0.4, -0.2) is 9.78 Å². The summed E-state index contributed by atoms with van der Waals surface area (Å²) in [5.74, 6) is 1.65. The van der Waals surface area contributed by atoms with Crippen molar-refractivity contribution in [2.45, 2.75) is 20.4 Å². The first-order valence-corrected chi connectivity index (χ1v) is 7.25. The van der Waals surface area contributed by atoms with E-state index in [9.17, 15) is 0 Å². The molecule has 2 aromatic carbocycles. The first-order valence-electron chi connectivity index (χ1n) is 7.25. The predicted molar refractivity (Wildman–Crippen MR) is 88.2 cm³/mol. The van der Waals surface area contributed by atoms with Gasteiger partial charge in [-0.3, -0.25) is 4.68 Å². The summed E-state index contributed by atoms with van der Waals surface area (Å²) < 4.78 is 7.78. The van der Waals surface area contributed by atoms with E-state index in [1.807, 2.05) is 67.1 Å². The Bertz CT molecular complexity index is 778. The van der Waals surface area contributed by atoms with Crippen LogP contribution < -0.4 is 10.5 Å². The zero-order chi connectivity index (χ0) is 15.5. The smallest absolute Gasteiger partial charge is 0.127 e. The van der Waals surface area contributed by atoms with E-state index in [0.29, 0.717) is 6.54 Å². The SMILES string of the molecule is Cc1nn(Cc2cccc(Oc3ccccc3)c2)c(C)c1N. The molecule has 0 unspecified atom stereocenters. The van der Waals surface area contributed by atoms with E-state index in [-0.39, 0.29) is 0 Å².